The summed E-state index contributed by atoms with van der Waals surface area (Å²) in [5.74, 6) is 1.59. The minimum absolute atomic E-state index is 0.103. The summed E-state index contributed by atoms with van der Waals surface area (Å²) in [6.45, 7) is 4.44. The molecule has 2 N–H and O–H groups in total. The SMILES string of the molecule is COc1ccc2c(c1)C(NC(C)C)C(O)CO2. The maximum atomic E-state index is 10.00. The lowest BCUT2D eigenvalue weighted by Gasteiger charge is -2.32. The molecule has 4 heteroatoms. The van der Waals surface area contributed by atoms with Crippen LogP contribution in [0, 0.1) is 0 Å². The number of ether oxygens (including phenoxy) is 2. The molecule has 0 saturated heterocycles. The van der Waals surface area contributed by atoms with Crippen LogP contribution in [0.2, 0.25) is 0 Å². The molecule has 1 heterocycles. The van der Waals surface area contributed by atoms with E-state index in [0.717, 1.165) is 17.1 Å². The second-order valence-corrected chi connectivity index (χ2v) is 4.58. The molecule has 1 aromatic carbocycles. The third-order valence-electron chi connectivity index (χ3n) is 2.86. The maximum absolute atomic E-state index is 10.00. The number of rotatable bonds is 3. The summed E-state index contributed by atoms with van der Waals surface area (Å²) in [4.78, 5) is 0. The molecule has 0 fully saturated rings. The molecule has 0 aromatic heterocycles. The molecular weight excluding hydrogens is 218 g/mol. The van der Waals surface area contributed by atoms with Crippen molar-refractivity contribution in [2.24, 2.45) is 0 Å². The van der Waals surface area contributed by atoms with E-state index in [1.165, 1.54) is 0 Å². The van der Waals surface area contributed by atoms with E-state index < -0.39 is 6.10 Å². The Bertz CT molecular complexity index is 392. The molecule has 4 nitrogen and oxygen atoms in total. The Labute approximate surface area is 102 Å². The molecule has 1 aromatic rings. The van der Waals surface area contributed by atoms with Gasteiger partial charge >= 0.3 is 0 Å². The first-order valence-electron chi connectivity index (χ1n) is 5.86. The van der Waals surface area contributed by atoms with Crippen molar-refractivity contribution < 1.29 is 14.6 Å². The van der Waals surface area contributed by atoms with Crippen molar-refractivity contribution >= 4 is 0 Å². The molecule has 0 bridgehead atoms. The topological polar surface area (TPSA) is 50.7 Å². The molecule has 0 spiro atoms. The number of nitrogens with one attached hydrogen (secondary N) is 1. The van der Waals surface area contributed by atoms with Gasteiger partial charge in [0, 0.05) is 11.6 Å². The summed E-state index contributed by atoms with van der Waals surface area (Å²) in [5.41, 5.74) is 0.955. The lowest BCUT2D eigenvalue weighted by molar-refractivity contribution is 0.0521. The third-order valence-corrected chi connectivity index (χ3v) is 2.86. The summed E-state index contributed by atoms with van der Waals surface area (Å²) >= 11 is 0. The van der Waals surface area contributed by atoms with Gasteiger partial charge in [0.1, 0.15) is 24.2 Å². The average molecular weight is 237 g/mol. The summed E-state index contributed by atoms with van der Waals surface area (Å²) in [5, 5.41) is 13.4. The molecule has 0 radical (unpaired) electrons. The Balaban J connectivity index is 2.34. The van der Waals surface area contributed by atoms with E-state index in [1.54, 1.807) is 7.11 Å². The van der Waals surface area contributed by atoms with Crippen molar-refractivity contribution in [1.82, 2.24) is 5.32 Å². The Hall–Kier alpha value is -1.26. The zero-order valence-corrected chi connectivity index (χ0v) is 10.4. The zero-order valence-electron chi connectivity index (χ0n) is 10.4. The standard InChI is InChI=1S/C13H19NO3/c1-8(2)14-13-10-6-9(16-3)4-5-12(10)17-7-11(13)15/h4-6,8,11,13-15H,7H2,1-3H3. The lowest BCUT2D eigenvalue weighted by atomic mass is 9.97. The van der Waals surface area contributed by atoms with Crippen LogP contribution in [-0.4, -0.2) is 31.0 Å². The first kappa shape index (κ1) is 12.2. The smallest absolute Gasteiger partial charge is 0.124 e. The van der Waals surface area contributed by atoms with E-state index in [4.69, 9.17) is 9.47 Å². The van der Waals surface area contributed by atoms with E-state index in [1.807, 2.05) is 18.2 Å². The number of aliphatic hydroxyl groups is 1. The van der Waals surface area contributed by atoms with Gasteiger partial charge in [-0.05, 0) is 18.2 Å². The fourth-order valence-corrected chi connectivity index (χ4v) is 2.07. The predicted molar refractivity (Wildman–Crippen MR) is 65.5 cm³/mol. The van der Waals surface area contributed by atoms with Crippen LogP contribution in [0.15, 0.2) is 18.2 Å². The third kappa shape index (κ3) is 2.53. The van der Waals surface area contributed by atoms with Gasteiger partial charge in [-0.1, -0.05) is 13.8 Å². The van der Waals surface area contributed by atoms with Gasteiger partial charge in [-0.25, -0.2) is 0 Å². The molecule has 2 unspecified atom stereocenters. The normalized spacial score (nSPS) is 23.1. The first-order valence-corrected chi connectivity index (χ1v) is 5.86. The van der Waals surface area contributed by atoms with Gasteiger partial charge in [-0.15, -0.1) is 0 Å². The highest BCUT2D eigenvalue weighted by Crippen LogP contribution is 2.35. The summed E-state index contributed by atoms with van der Waals surface area (Å²) in [6, 6.07) is 5.86. The number of fused-ring (bicyclic) bond motifs is 1. The van der Waals surface area contributed by atoms with Crippen LogP contribution in [0.1, 0.15) is 25.5 Å². The van der Waals surface area contributed by atoms with E-state index in [2.05, 4.69) is 19.2 Å². The highest BCUT2D eigenvalue weighted by Gasteiger charge is 2.30. The molecule has 2 atom stereocenters. The van der Waals surface area contributed by atoms with E-state index in [-0.39, 0.29) is 6.04 Å². The fourth-order valence-electron chi connectivity index (χ4n) is 2.07. The van der Waals surface area contributed by atoms with E-state index in [0.29, 0.717) is 12.6 Å². The van der Waals surface area contributed by atoms with Crippen molar-refractivity contribution in [2.75, 3.05) is 13.7 Å². The monoisotopic (exact) mass is 237 g/mol. The average Bonchev–Trinajstić information content (AvgIpc) is 2.32. The van der Waals surface area contributed by atoms with Crippen LogP contribution < -0.4 is 14.8 Å². The number of benzene rings is 1. The van der Waals surface area contributed by atoms with Crippen LogP contribution in [0.3, 0.4) is 0 Å². The van der Waals surface area contributed by atoms with Crippen LogP contribution in [-0.2, 0) is 0 Å². The number of hydrogen-bond donors (Lipinski definition) is 2. The number of aliphatic hydroxyl groups excluding tert-OH is 1. The Morgan fingerprint density at radius 2 is 2.24 bits per heavy atom. The van der Waals surface area contributed by atoms with Crippen molar-refractivity contribution in [3.63, 3.8) is 0 Å². The van der Waals surface area contributed by atoms with E-state index >= 15 is 0 Å². The van der Waals surface area contributed by atoms with Gasteiger partial charge in [-0.2, -0.15) is 0 Å². The van der Waals surface area contributed by atoms with Gasteiger partial charge in [0.2, 0.25) is 0 Å². The van der Waals surface area contributed by atoms with Crippen LogP contribution in [0.4, 0.5) is 0 Å². The largest absolute Gasteiger partial charge is 0.497 e. The second kappa shape index (κ2) is 4.94. The quantitative estimate of drug-likeness (QED) is 0.836. The second-order valence-electron chi connectivity index (χ2n) is 4.58. The molecule has 0 aliphatic carbocycles. The molecule has 1 aliphatic heterocycles. The molecule has 94 valence electrons. The first-order chi connectivity index (χ1) is 8.11. The number of methoxy groups -OCH3 is 1. The summed E-state index contributed by atoms with van der Waals surface area (Å²) < 4.78 is 10.7. The lowest BCUT2D eigenvalue weighted by Crippen LogP contribution is -2.41. The predicted octanol–water partition coefficient (Wildman–Crippen LogP) is 1.49. The van der Waals surface area contributed by atoms with Crippen molar-refractivity contribution in [1.29, 1.82) is 0 Å². The summed E-state index contributed by atoms with van der Waals surface area (Å²) in [6.07, 6.45) is -0.531. The van der Waals surface area contributed by atoms with E-state index in [9.17, 15) is 5.11 Å². The van der Waals surface area contributed by atoms with Gasteiger partial charge in [0.05, 0.1) is 13.2 Å². The minimum Gasteiger partial charge on any atom is -0.497 e. The Morgan fingerprint density at radius 3 is 2.88 bits per heavy atom. The van der Waals surface area contributed by atoms with Crippen LogP contribution in [0.25, 0.3) is 0 Å². The maximum Gasteiger partial charge on any atom is 0.124 e. The fraction of sp³-hybridized carbons (Fsp3) is 0.538. The molecule has 17 heavy (non-hydrogen) atoms. The molecular formula is C13H19NO3. The Morgan fingerprint density at radius 1 is 1.47 bits per heavy atom. The van der Waals surface area contributed by atoms with Gasteiger partial charge in [0.15, 0.2) is 0 Å². The molecule has 1 aliphatic rings. The zero-order chi connectivity index (χ0) is 12.4. The number of hydrogen-bond acceptors (Lipinski definition) is 4. The molecule has 2 rings (SSSR count). The molecule has 0 amide bonds. The van der Waals surface area contributed by atoms with Crippen molar-refractivity contribution in [3.8, 4) is 11.5 Å². The van der Waals surface area contributed by atoms with Gasteiger partial charge in [0.25, 0.3) is 0 Å². The van der Waals surface area contributed by atoms with Crippen molar-refractivity contribution in [2.45, 2.75) is 32.0 Å². The summed E-state index contributed by atoms with van der Waals surface area (Å²) in [7, 11) is 1.63. The molecule has 0 saturated carbocycles. The van der Waals surface area contributed by atoms with Crippen LogP contribution in [0.5, 0.6) is 11.5 Å². The minimum atomic E-state index is -0.531. The van der Waals surface area contributed by atoms with Gasteiger partial charge in [-0.3, -0.25) is 0 Å². The van der Waals surface area contributed by atoms with Crippen LogP contribution >= 0.6 is 0 Å². The highest BCUT2D eigenvalue weighted by molar-refractivity contribution is 5.44. The Kier molecular flexibility index (Phi) is 3.54. The van der Waals surface area contributed by atoms with Gasteiger partial charge < -0.3 is 19.9 Å². The highest BCUT2D eigenvalue weighted by atomic mass is 16.5. The van der Waals surface area contributed by atoms with Crippen molar-refractivity contribution in [3.05, 3.63) is 23.8 Å².